The number of rotatable bonds is 6. The van der Waals surface area contributed by atoms with Gasteiger partial charge in [0.15, 0.2) is 5.82 Å². The van der Waals surface area contributed by atoms with E-state index in [4.69, 9.17) is 14.7 Å². The number of morpholine rings is 1. The topological polar surface area (TPSA) is 96.5 Å². The van der Waals surface area contributed by atoms with Gasteiger partial charge in [0.1, 0.15) is 5.82 Å². The van der Waals surface area contributed by atoms with Gasteiger partial charge in [-0.3, -0.25) is 4.21 Å². The molecule has 1 saturated heterocycles. The zero-order valence-electron chi connectivity index (χ0n) is 20.6. The Morgan fingerprint density at radius 3 is 2.54 bits per heavy atom. The summed E-state index contributed by atoms with van der Waals surface area (Å²) in [4.78, 5) is 23.9. The van der Waals surface area contributed by atoms with Crippen molar-refractivity contribution in [1.29, 1.82) is 0 Å². The van der Waals surface area contributed by atoms with Crippen LogP contribution < -0.4 is 15.5 Å². The second-order valence-corrected chi connectivity index (χ2v) is 11.9. The van der Waals surface area contributed by atoms with E-state index in [9.17, 15) is 9.00 Å². The average molecular weight is 498 g/mol. The number of benzene rings is 1. The van der Waals surface area contributed by atoms with Crippen LogP contribution in [-0.2, 0) is 20.3 Å². The maximum atomic E-state index is 13.8. The van der Waals surface area contributed by atoms with Crippen LogP contribution in [0.25, 0.3) is 11.4 Å². The first-order valence-electron chi connectivity index (χ1n) is 12.7. The number of anilines is 2. The summed E-state index contributed by atoms with van der Waals surface area (Å²) in [6, 6.07) is 9.58. The summed E-state index contributed by atoms with van der Waals surface area (Å²) in [7, 11) is 0.643. The zero-order valence-corrected chi connectivity index (χ0v) is 21.4. The van der Waals surface area contributed by atoms with Crippen LogP contribution in [0.1, 0.15) is 57.6 Å². The minimum atomic E-state index is -0.943. The third kappa shape index (κ3) is 5.07. The molecule has 3 aliphatic rings. The zero-order chi connectivity index (χ0) is 24.4. The average Bonchev–Trinajstić information content (AvgIpc) is 3.71. The summed E-state index contributed by atoms with van der Waals surface area (Å²) in [5, 5.41) is 5.61. The minimum absolute atomic E-state index is 0.206. The van der Waals surface area contributed by atoms with Gasteiger partial charge in [0.05, 0.1) is 29.7 Å². The molecule has 5 rings (SSSR count). The first kappa shape index (κ1) is 24.2. The molecule has 1 unspecified atom stereocenters. The predicted octanol–water partition coefficient (Wildman–Crippen LogP) is 4.19. The molecule has 0 radical (unpaired) electrons. The molecule has 188 valence electrons. The molecule has 3 fully saturated rings. The number of amides is 2. The summed E-state index contributed by atoms with van der Waals surface area (Å²) in [6.45, 7) is 4.24. The van der Waals surface area contributed by atoms with E-state index in [-0.39, 0.29) is 22.1 Å². The van der Waals surface area contributed by atoms with E-state index in [1.54, 1.807) is 7.05 Å². The molecule has 2 amide bonds. The molecule has 8 nitrogen and oxygen atoms in total. The Kier molecular flexibility index (Phi) is 7.07. The summed E-state index contributed by atoms with van der Waals surface area (Å²) >= 11 is 0. The van der Waals surface area contributed by atoms with E-state index in [0.29, 0.717) is 24.7 Å². The van der Waals surface area contributed by atoms with Crippen molar-refractivity contribution in [1.82, 2.24) is 15.3 Å². The van der Waals surface area contributed by atoms with E-state index in [1.807, 2.05) is 24.3 Å². The second kappa shape index (κ2) is 10.2. The smallest absolute Gasteiger partial charge is 0.318 e. The van der Waals surface area contributed by atoms with Gasteiger partial charge in [0.25, 0.3) is 0 Å². The lowest BCUT2D eigenvalue weighted by atomic mass is 10.0. The van der Waals surface area contributed by atoms with Crippen LogP contribution in [0.3, 0.4) is 0 Å². The molecule has 9 heteroatoms. The van der Waals surface area contributed by atoms with Gasteiger partial charge in [0, 0.05) is 47.0 Å². The van der Waals surface area contributed by atoms with Crippen LogP contribution in [0.2, 0.25) is 0 Å². The highest BCUT2D eigenvalue weighted by Crippen LogP contribution is 2.53. The number of carbonyl (C=O) groups is 1. The lowest BCUT2D eigenvalue weighted by Crippen LogP contribution is -2.44. The van der Waals surface area contributed by atoms with E-state index < -0.39 is 10.8 Å². The maximum Gasteiger partial charge on any atom is 0.318 e. The number of ether oxygens (including phenoxy) is 1. The molecule has 1 aliphatic heterocycles. The molecule has 0 spiro atoms. The molecule has 2 saturated carbocycles. The van der Waals surface area contributed by atoms with Crippen molar-refractivity contribution in [2.24, 2.45) is 0 Å². The minimum Gasteiger partial charge on any atom is -0.377 e. The van der Waals surface area contributed by atoms with Gasteiger partial charge in [0.2, 0.25) is 0 Å². The fraction of sp³-hybridized carbons (Fsp3) is 0.577. The summed E-state index contributed by atoms with van der Waals surface area (Å²) in [5.41, 5.74) is 2.48. The molecule has 1 aromatic heterocycles. The molecule has 2 aliphatic carbocycles. The van der Waals surface area contributed by atoms with Gasteiger partial charge in [-0.05, 0) is 56.9 Å². The molecule has 2 atom stereocenters. The third-order valence-electron chi connectivity index (χ3n) is 7.41. The number of hydrogen-bond donors (Lipinski definition) is 2. The van der Waals surface area contributed by atoms with Crippen LogP contribution in [0.4, 0.5) is 16.3 Å². The molecule has 2 N–H and O–H groups in total. The van der Waals surface area contributed by atoms with Crippen molar-refractivity contribution in [3.05, 3.63) is 36.0 Å². The van der Waals surface area contributed by atoms with Gasteiger partial charge in [-0.15, -0.1) is 0 Å². The lowest BCUT2D eigenvalue weighted by Gasteiger charge is -2.35. The van der Waals surface area contributed by atoms with Crippen molar-refractivity contribution < 1.29 is 13.7 Å². The normalized spacial score (nSPS) is 22.9. The standard InChI is InChI=1S/C26H35N5O3S/c1-18-17-34-15-14-31(18)23-16-22(26(12-13-26)35(33)21-6-4-3-5-7-21)29-24(30-23)19-8-10-20(11-9-19)28-25(32)27-2/h8-11,16,18,21H,3-7,12-15,17H2,1-2H3,(H2,27,28,32)/t18-,35?/m0/s1. The van der Waals surface area contributed by atoms with Crippen LogP contribution in [-0.4, -0.2) is 58.3 Å². The second-order valence-electron chi connectivity index (χ2n) is 9.89. The van der Waals surface area contributed by atoms with E-state index in [2.05, 4.69) is 28.5 Å². The van der Waals surface area contributed by atoms with Gasteiger partial charge in [-0.25, -0.2) is 14.8 Å². The highest BCUT2D eigenvalue weighted by molar-refractivity contribution is 7.87. The highest BCUT2D eigenvalue weighted by Gasteiger charge is 2.54. The maximum absolute atomic E-state index is 13.8. The SMILES string of the molecule is CNC(=O)Nc1ccc(-c2nc(N3CCOC[C@@H]3C)cc(C3(S(=O)C4CCCCC4)CC3)n2)cc1. The first-order chi connectivity index (χ1) is 17.0. The summed E-state index contributed by atoms with van der Waals surface area (Å²) in [5.74, 6) is 1.51. The number of nitrogens with zero attached hydrogens (tertiary/aromatic N) is 3. The molecule has 1 aromatic carbocycles. The Morgan fingerprint density at radius 1 is 1.14 bits per heavy atom. The van der Waals surface area contributed by atoms with E-state index in [1.165, 1.54) is 19.3 Å². The van der Waals surface area contributed by atoms with Crippen molar-refractivity contribution in [3.8, 4) is 11.4 Å². The fourth-order valence-corrected chi connectivity index (χ4v) is 7.39. The number of aromatic nitrogens is 2. The molecule has 2 aromatic rings. The number of hydrogen-bond acceptors (Lipinski definition) is 6. The Hall–Kier alpha value is -2.52. The highest BCUT2D eigenvalue weighted by atomic mass is 32.2. The lowest BCUT2D eigenvalue weighted by molar-refractivity contribution is 0.0985. The molecule has 0 bridgehead atoms. The van der Waals surface area contributed by atoms with E-state index in [0.717, 1.165) is 49.3 Å². The van der Waals surface area contributed by atoms with Crippen molar-refractivity contribution >= 4 is 28.3 Å². The largest absolute Gasteiger partial charge is 0.377 e. The third-order valence-corrected chi connectivity index (χ3v) is 9.88. The van der Waals surface area contributed by atoms with Crippen LogP contribution >= 0.6 is 0 Å². The van der Waals surface area contributed by atoms with Crippen molar-refractivity contribution in [2.75, 3.05) is 37.0 Å². The molecular weight excluding hydrogens is 462 g/mol. The Labute approximate surface area is 209 Å². The fourth-order valence-electron chi connectivity index (χ4n) is 5.18. The van der Waals surface area contributed by atoms with Crippen molar-refractivity contribution in [2.45, 2.75) is 67.9 Å². The number of carbonyl (C=O) groups excluding carboxylic acids is 1. The number of urea groups is 1. The van der Waals surface area contributed by atoms with Crippen molar-refractivity contribution in [3.63, 3.8) is 0 Å². The van der Waals surface area contributed by atoms with Gasteiger partial charge < -0.3 is 20.3 Å². The quantitative estimate of drug-likeness (QED) is 0.621. The molecule has 2 heterocycles. The number of nitrogens with one attached hydrogen (secondary N) is 2. The Bertz CT molecular complexity index is 1080. The predicted molar refractivity (Wildman–Crippen MR) is 139 cm³/mol. The summed E-state index contributed by atoms with van der Waals surface area (Å²) < 4.78 is 19.1. The van der Waals surface area contributed by atoms with Crippen LogP contribution in [0, 0.1) is 0 Å². The van der Waals surface area contributed by atoms with E-state index >= 15 is 0 Å². The van der Waals surface area contributed by atoms with Gasteiger partial charge in [-0.2, -0.15) is 0 Å². The monoisotopic (exact) mass is 497 g/mol. The van der Waals surface area contributed by atoms with Gasteiger partial charge in [-0.1, -0.05) is 19.3 Å². The Morgan fingerprint density at radius 2 is 1.89 bits per heavy atom. The first-order valence-corrected chi connectivity index (χ1v) is 14.0. The summed E-state index contributed by atoms with van der Waals surface area (Å²) in [6.07, 6.45) is 7.55. The van der Waals surface area contributed by atoms with Crippen LogP contribution in [0.15, 0.2) is 30.3 Å². The van der Waals surface area contributed by atoms with Crippen LogP contribution in [0.5, 0.6) is 0 Å². The molecular formula is C26H35N5O3S. The Balaban J connectivity index is 1.51. The van der Waals surface area contributed by atoms with Gasteiger partial charge >= 0.3 is 6.03 Å². The molecule has 35 heavy (non-hydrogen) atoms.